The van der Waals surface area contributed by atoms with Crippen LogP contribution >= 0.6 is 0 Å². The number of carbonyl (C=O) groups excluding carboxylic acids is 1. The van der Waals surface area contributed by atoms with Crippen LogP contribution in [0.5, 0.6) is 5.75 Å². The van der Waals surface area contributed by atoms with Crippen molar-refractivity contribution in [3.8, 4) is 17.0 Å². The van der Waals surface area contributed by atoms with Crippen molar-refractivity contribution < 1.29 is 14.6 Å². The normalized spacial score (nSPS) is 15.3. The minimum atomic E-state index is -0.513. The first-order valence-corrected chi connectivity index (χ1v) is 9.39. The van der Waals surface area contributed by atoms with Crippen molar-refractivity contribution in [2.24, 2.45) is 0 Å². The lowest BCUT2D eigenvalue weighted by Crippen LogP contribution is -2.46. The number of piperidine rings is 1. The summed E-state index contributed by atoms with van der Waals surface area (Å²) < 4.78 is 5.32. The van der Waals surface area contributed by atoms with E-state index in [4.69, 9.17) is 10.5 Å². The van der Waals surface area contributed by atoms with Crippen LogP contribution < -0.4 is 16.0 Å². The Balaban J connectivity index is 1.67. The topological polar surface area (TPSA) is 114 Å². The number of hydrogen-bond acceptors (Lipinski definition) is 7. The van der Waals surface area contributed by atoms with Crippen molar-refractivity contribution in [1.29, 1.82) is 0 Å². The summed E-state index contributed by atoms with van der Waals surface area (Å²) in [7, 11) is 0. The van der Waals surface area contributed by atoms with E-state index in [2.05, 4.69) is 20.4 Å². The number of aromatic hydroxyl groups is 1. The van der Waals surface area contributed by atoms with Crippen molar-refractivity contribution in [1.82, 2.24) is 15.5 Å². The van der Waals surface area contributed by atoms with Gasteiger partial charge in [0.1, 0.15) is 11.4 Å². The summed E-state index contributed by atoms with van der Waals surface area (Å²) >= 11 is 0. The van der Waals surface area contributed by atoms with Crippen LogP contribution in [0, 0.1) is 0 Å². The number of ether oxygens (including phenoxy) is 1. The number of nitrogens with one attached hydrogen (secondary N) is 1. The lowest BCUT2D eigenvalue weighted by molar-refractivity contribution is 0.0497. The van der Waals surface area contributed by atoms with Crippen LogP contribution in [-0.4, -0.2) is 46.1 Å². The Kier molecular flexibility index (Phi) is 5.58. The van der Waals surface area contributed by atoms with Crippen LogP contribution in [0.1, 0.15) is 33.6 Å². The van der Waals surface area contributed by atoms with Crippen LogP contribution in [0.25, 0.3) is 11.3 Å². The fraction of sp³-hybridized carbons (Fsp3) is 0.450. The van der Waals surface area contributed by atoms with Crippen LogP contribution in [-0.2, 0) is 4.74 Å². The molecular formula is C20H27N5O3. The molecule has 2 heterocycles. The molecule has 0 bridgehead atoms. The molecule has 1 fully saturated rings. The zero-order valence-electron chi connectivity index (χ0n) is 16.5. The molecule has 28 heavy (non-hydrogen) atoms. The van der Waals surface area contributed by atoms with Gasteiger partial charge >= 0.3 is 6.09 Å². The van der Waals surface area contributed by atoms with E-state index < -0.39 is 11.7 Å². The number of rotatable bonds is 3. The van der Waals surface area contributed by atoms with Crippen LogP contribution in [0.4, 0.5) is 16.3 Å². The summed E-state index contributed by atoms with van der Waals surface area (Å²) in [5, 5.41) is 21.2. The molecule has 0 unspecified atom stereocenters. The van der Waals surface area contributed by atoms with E-state index in [9.17, 15) is 9.90 Å². The molecule has 0 radical (unpaired) electrons. The molecule has 0 saturated carbocycles. The number of benzene rings is 1. The number of nitrogen functional groups attached to an aromatic ring is 1. The maximum atomic E-state index is 12.0. The Morgan fingerprint density at radius 1 is 1.25 bits per heavy atom. The number of para-hydroxylation sites is 1. The highest BCUT2D eigenvalue weighted by Gasteiger charge is 2.25. The summed E-state index contributed by atoms with van der Waals surface area (Å²) in [5.41, 5.74) is 7.50. The second-order valence-electron chi connectivity index (χ2n) is 7.92. The molecule has 0 spiro atoms. The van der Waals surface area contributed by atoms with E-state index in [-0.39, 0.29) is 11.8 Å². The van der Waals surface area contributed by atoms with E-state index in [0.29, 0.717) is 17.1 Å². The Morgan fingerprint density at radius 2 is 1.93 bits per heavy atom. The van der Waals surface area contributed by atoms with Crippen molar-refractivity contribution in [2.45, 2.75) is 45.3 Å². The van der Waals surface area contributed by atoms with Gasteiger partial charge in [0, 0.05) is 24.7 Å². The highest BCUT2D eigenvalue weighted by atomic mass is 16.6. The molecule has 0 aliphatic carbocycles. The number of phenolic OH excluding ortho intramolecular Hbond substituents is 1. The van der Waals surface area contributed by atoms with Gasteiger partial charge in [-0.3, -0.25) is 0 Å². The summed E-state index contributed by atoms with van der Waals surface area (Å²) in [6.45, 7) is 6.97. The van der Waals surface area contributed by atoms with Crippen LogP contribution in [0.3, 0.4) is 0 Å². The van der Waals surface area contributed by atoms with Gasteiger partial charge in [0.2, 0.25) is 0 Å². The third-order valence-electron chi connectivity index (χ3n) is 4.54. The average Bonchev–Trinajstić information content (AvgIpc) is 2.62. The van der Waals surface area contributed by atoms with Crippen LogP contribution in [0.15, 0.2) is 30.3 Å². The molecule has 0 atom stereocenters. The highest BCUT2D eigenvalue weighted by Crippen LogP contribution is 2.32. The second kappa shape index (κ2) is 7.92. The monoisotopic (exact) mass is 385 g/mol. The lowest BCUT2D eigenvalue weighted by atomic mass is 10.0. The summed E-state index contributed by atoms with van der Waals surface area (Å²) in [6.07, 6.45) is 1.15. The quantitative estimate of drug-likeness (QED) is 0.744. The standard InChI is InChI=1S/C20H27N5O3/c1-20(2,3)28-19(27)22-13-8-10-25(11-9-13)16-12-15(23-24-18(16)21)14-6-4-5-7-17(14)26/h4-7,12-13,26H,8-11H2,1-3H3,(H2,21,24)(H,22,27). The minimum absolute atomic E-state index is 0.0553. The first-order valence-electron chi connectivity index (χ1n) is 9.39. The Bertz CT molecular complexity index is 842. The van der Waals surface area contributed by atoms with E-state index in [0.717, 1.165) is 31.6 Å². The SMILES string of the molecule is CC(C)(C)OC(=O)NC1CCN(c2cc(-c3ccccc3O)nnc2N)CC1. The highest BCUT2D eigenvalue weighted by molar-refractivity contribution is 5.74. The third-order valence-corrected chi connectivity index (χ3v) is 4.54. The van der Waals surface area contributed by atoms with Crippen molar-refractivity contribution in [3.05, 3.63) is 30.3 Å². The fourth-order valence-electron chi connectivity index (χ4n) is 3.21. The number of hydrogen-bond donors (Lipinski definition) is 3. The molecular weight excluding hydrogens is 358 g/mol. The number of alkyl carbamates (subject to hydrolysis) is 1. The lowest BCUT2D eigenvalue weighted by Gasteiger charge is -2.34. The zero-order valence-corrected chi connectivity index (χ0v) is 16.5. The van der Waals surface area contributed by atoms with Crippen LogP contribution in [0.2, 0.25) is 0 Å². The fourth-order valence-corrected chi connectivity index (χ4v) is 3.21. The predicted octanol–water partition coefficient (Wildman–Crippen LogP) is 2.92. The molecule has 150 valence electrons. The second-order valence-corrected chi connectivity index (χ2v) is 7.92. The van der Waals surface area contributed by atoms with Crippen molar-refractivity contribution >= 4 is 17.6 Å². The number of aromatic nitrogens is 2. The smallest absolute Gasteiger partial charge is 0.407 e. The number of anilines is 2. The van der Waals surface area contributed by atoms with Gasteiger partial charge in [-0.25, -0.2) is 4.79 Å². The first kappa shape index (κ1) is 19.7. The van der Waals surface area contributed by atoms with Gasteiger partial charge < -0.3 is 25.8 Å². The van der Waals surface area contributed by atoms with Crippen molar-refractivity contribution in [2.75, 3.05) is 23.7 Å². The molecule has 1 saturated heterocycles. The molecule has 4 N–H and O–H groups in total. The molecule has 2 aromatic rings. The molecule has 8 nitrogen and oxygen atoms in total. The average molecular weight is 385 g/mol. The maximum Gasteiger partial charge on any atom is 0.407 e. The van der Waals surface area contributed by atoms with E-state index >= 15 is 0 Å². The zero-order chi connectivity index (χ0) is 20.3. The minimum Gasteiger partial charge on any atom is -0.507 e. The molecule has 1 aliphatic heterocycles. The predicted molar refractivity (Wildman–Crippen MR) is 108 cm³/mol. The molecule has 1 aromatic heterocycles. The molecule has 3 rings (SSSR count). The van der Waals surface area contributed by atoms with Gasteiger partial charge in [-0.2, -0.15) is 0 Å². The third kappa shape index (κ3) is 4.82. The maximum absolute atomic E-state index is 12.0. The Labute approximate surface area is 164 Å². The summed E-state index contributed by atoms with van der Waals surface area (Å²) in [4.78, 5) is 14.1. The Morgan fingerprint density at radius 3 is 2.57 bits per heavy atom. The number of nitrogens with zero attached hydrogens (tertiary/aromatic N) is 3. The molecule has 1 aliphatic rings. The number of phenols is 1. The van der Waals surface area contributed by atoms with E-state index in [1.807, 2.05) is 32.9 Å². The largest absolute Gasteiger partial charge is 0.507 e. The van der Waals surface area contributed by atoms with Gasteiger partial charge in [-0.1, -0.05) is 12.1 Å². The van der Waals surface area contributed by atoms with Crippen molar-refractivity contribution in [3.63, 3.8) is 0 Å². The van der Waals surface area contributed by atoms with Gasteiger partial charge in [-0.05, 0) is 51.8 Å². The van der Waals surface area contributed by atoms with Gasteiger partial charge in [0.15, 0.2) is 5.82 Å². The first-order chi connectivity index (χ1) is 13.2. The van der Waals surface area contributed by atoms with Gasteiger partial charge in [0.05, 0.1) is 11.4 Å². The number of carbonyl (C=O) groups is 1. The van der Waals surface area contributed by atoms with E-state index in [1.54, 1.807) is 18.2 Å². The van der Waals surface area contributed by atoms with Gasteiger partial charge in [0.25, 0.3) is 0 Å². The summed E-state index contributed by atoms with van der Waals surface area (Å²) in [6, 6.07) is 8.89. The Hall–Kier alpha value is -3.03. The van der Waals surface area contributed by atoms with E-state index in [1.165, 1.54) is 0 Å². The summed E-state index contributed by atoms with van der Waals surface area (Å²) in [5.74, 6) is 0.491. The molecule has 1 aromatic carbocycles. The molecule has 8 heteroatoms. The number of amides is 1. The van der Waals surface area contributed by atoms with Gasteiger partial charge in [-0.15, -0.1) is 10.2 Å². The number of nitrogens with two attached hydrogens (primary N) is 1. The molecule has 1 amide bonds.